The fraction of sp³-hybridized carbons (Fsp3) is 0.464. The summed E-state index contributed by atoms with van der Waals surface area (Å²) in [5.41, 5.74) is 3.01. The summed E-state index contributed by atoms with van der Waals surface area (Å²) in [5.74, 6) is 2.03. The normalized spacial score (nSPS) is 17.1. The monoisotopic (exact) mass is 549 g/mol. The van der Waals surface area contributed by atoms with Crippen molar-refractivity contribution >= 4 is 23.9 Å². The number of nitrogens with one attached hydrogen (secondary N) is 2. The molecule has 40 heavy (non-hydrogen) atoms. The Labute approximate surface area is 232 Å². The average Bonchev–Trinajstić information content (AvgIpc) is 3.36. The number of fused-ring (bicyclic) bond motifs is 1. The SMILES string of the molecule is CCCN(C)c1nc(NC2COC2)cc(C(=O)NC[C@@H](O)C2Cc3ccc(OCc4ocnc4C)cc3C=N2)n1. The van der Waals surface area contributed by atoms with Crippen molar-refractivity contribution in [1.29, 1.82) is 0 Å². The van der Waals surface area contributed by atoms with Gasteiger partial charge in [0.25, 0.3) is 5.91 Å². The predicted octanol–water partition coefficient (Wildman–Crippen LogP) is 2.14. The minimum atomic E-state index is -0.868. The second-order valence-corrected chi connectivity index (χ2v) is 10.1. The van der Waals surface area contributed by atoms with Gasteiger partial charge in [-0.05, 0) is 43.0 Å². The molecule has 3 N–H and O–H groups in total. The summed E-state index contributed by atoms with van der Waals surface area (Å²) in [6, 6.07) is 7.17. The minimum absolute atomic E-state index is 0.0390. The molecule has 1 fully saturated rings. The standard InChI is InChI=1S/C28H35N7O5/c1-4-7-35(3)28-33-23(10-26(34-28)32-20-13-38-14-20)27(37)30-12-24(36)22-9-18-5-6-21(8-19(18)11-29-22)39-15-25-17(2)31-16-40-25/h5-6,8,10-11,16,20,22,24,36H,4,7,9,12-15H2,1-3H3,(H,30,37)(H,32,33,34)/t22?,24-/m1/s1. The zero-order valence-corrected chi connectivity index (χ0v) is 23.0. The zero-order chi connectivity index (χ0) is 28.1. The lowest BCUT2D eigenvalue weighted by Gasteiger charge is -2.28. The van der Waals surface area contributed by atoms with Crippen LogP contribution in [0.3, 0.4) is 0 Å². The molecule has 2 aliphatic heterocycles. The topological polar surface area (TPSA) is 147 Å². The van der Waals surface area contributed by atoms with Gasteiger partial charge < -0.3 is 34.5 Å². The van der Waals surface area contributed by atoms with Crippen molar-refractivity contribution < 1.29 is 23.8 Å². The van der Waals surface area contributed by atoms with Gasteiger partial charge in [0, 0.05) is 32.4 Å². The first-order valence-electron chi connectivity index (χ1n) is 13.5. The van der Waals surface area contributed by atoms with E-state index < -0.39 is 6.10 Å². The van der Waals surface area contributed by atoms with E-state index >= 15 is 0 Å². The first-order valence-corrected chi connectivity index (χ1v) is 13.5. The number of aromatic nitrogens is 3. The minimum Gasteiger partial charge on any atom is -0.486 e. The van der Waals surface area contributed by atoms with Crippen molar-refractivity contribution in [2.45, 2.75) is 51.5 Å². The number of oxazole rings is 1. The molecule has 1 unspecified atom stereocenters. The number of rotatable bonds is 12. The van der Waals surface area contributed by atoms with E-state index in [0.717, 1.165) is 29.8 Å². The summed E-state index contributed by atoms with van der Waals surface area (Å²) in [4.78, 5) is 32.6. The van der Waals surface area contributed by atoms with Crippen molar-refractivity contribution in [3.63, 3.8) is 0 Å². The van der Waals surface area contributed by atoms with Crippen LogP contribution in [0.25, 0.3) is 0 Å². The molecule has 0 radical (unpaired) electrons. The van der Waals surface area contributed by atoms with Crippen LogP contribution in [0, 0.1) is 6.92 Å². The number of anilines is 2. The molecular formula is C28H35N7O5. The van der Waals surface area contributed by atoms with Gasteiger partial charge in [-0.3, -0.25) is 9.79 Å². The number of ether oxygens (including phenoxy) is 2. The fourth-order valence-corrected chi connectivity index (χ4v) is 4.45. The molecular weight excluding hydrogens is 514 g/mol. The maximum atomic E-state index is 13.0. The van der Waals surface area contributed by atoms with E-state index in [1.165, 1.54) is 6.39 Å². The number of aryl methyl sites for hydroxylation is 1. The highest BCUT2D eigenvalue weighted by Crippen LogP contribution is 2.24. The summed E-state index contributed by atoms with van der Waals surface area (Å²) in [6.07, 6.45) is 3.74. The molecule has 2 aliphatic rings. The van der Waals surface area contributed by atoms with Crippen LogP contribution in [0.1, 0.15) is 46.4 Å². The Morgan fingerprint density at radius 1 is 1.27 bits per heavy atom. The zero-order valence-electron chi connectivity index (χ0n) is 23.0. The number of hydrogen-bond acceptors (Lipinski definition) is 11. The molecule has 0 bridgehead atoms. The molecule has 0 aliphatic carbocycles. The van der Waals surface area contributed by atoms with E-state index in [2.05, 4.69) is 37.5 Å². The summed E-state index contributed by atoms with van der Waals surface area (Å²) < 4.78 is 16.4. The van der Waals surface area contributed by atoms with Crippen molar-refractivity contribution in [2.24, 2.45) is 4.99 Å². The van der Waals surface area contributed by atoms with Gasteiger partial charge in [0.2, 0.25) is 5.95 Å². The average molecular weight is 550 g/mol. The first-order chi connectivity index (χ1) is 19.4. The first kappa shape index (κ1) is 27.5. The molecule has 12 heteroatoms. The van der Waals surface area contributed by atoms with E-state index in [1.807, 2.05) is 37.1 Å². The van der Waals surface area contributed by atoms with Crippen molar-refractivity contribution in [2.75, 3.05) is 43.6 Å². The van der Waals surface area contributed by atoms with Gasteiger partial charge in [0.15, 0.2) is 12.2 Å². The molecule has 212 valence electrons. The molecule has 2 atom stereocenters. The van der Waals surface area contributed by atoms with E-state index in [0.29, 0.717) is 42.9 Å². The Hall–Kier alpha value is -4.03. The van der Waals surface area contributed by atoms with Crippen LogP contribution in [0.15, 0.2) is 40.1 Å². The molecule has 1 aromatic carbocycles. The van der Waals surface area contributed by atoms with Crippen molar-refractivity contribution in [3.05, 3.63) is 58.9 Å². The summed E-state index contributed by atoms with van der Waals surface area (Å²) in [7, 11) is 1.89. The Balaban J connectivity index is 1.18. The molecule has 0 saturated carbocycles. The third kappa shape index (κ3) is 6.57. The summed E-state index contributed by atoms with van der Waals surface area (Å²) in [6.45, 7) is 6.21. The number of carbonyl (C=O) groups excluding carboxylic acids is 1. The summed E-state index contributed by atoms with van der Waals surface area (Å²) >= 11 is 0. The lowest BCUT2D eigenvalue weighted by atomic mass is 9.95. The number of aliphatic hydroxyl groups excluding tert-OH is 1. The lowest BCUT2D eigenvalue weighted by molar-refractivity contribution is 0.0209. The molecule has 1 amide bonds. The van der Waals surface area contributed by atoms with Crippen LogP contribution in [0.4, 0.5) is 11.8 Å². The Kier molecular flexibility index (Phi) is 8.56. The van der Waals surface area contributed by atoms with E-state index in [4.69, 9.17) is 13.9 Å². The van der Waals surface area contributed by atoms with Gasteiger partial charge in [-0.1, -0.05) is 13.0 Å². The predicted molar refractivity (Wildman–Crippen MR) is 149 cm³/mol. The number of benzene rings is 1. The van der Waals surface area contributed by atoms with Gasteiger partial charge in [-0.15, -0.1) is 0 Å². The number of aliphatic hydroxyl groups is 1. The Morgan fingerprint density at radius 3 is 2.85 bits per heavy atom. The van der Waals surface area contributed by atoms with Crippen LogP contribution >= 0.6 is 0 Å². The van der Waals surface area contributed by atoms with E-state index in [9.17, 15) is 9.90 Å². The molecule has 2 aromatic heterocycles. The summed E-state index contributed by atoms with van der Waals surface area (Å²) in [5, 5.41) is 17.0. The van der Waals surface area contributed by atoms with Crippen LogP contribution in [0.2, 0.25) is 0 Å². The number of aliphatic imine (C=N–C) groups is 1. The second kappa shape index (κ2) is 12.4. The van der Waals surface area contributed by atoms with Crippen molar-refractivity contribution in [3.8, 4) is 5.75 Å². The van der Waals surface area contributed by atoms with E-state index in [1.54, 1.807) is 12.3 Å². The van der Waals surface area contributed by atoms with Gasteiger partial charge >= 0.3 is 0 Å². The highest BCUT2D eigenvalue weighted by atomic mass is 16.5. The number of nitrogens with zero attached hydrogens (tertiary/aromatic N) is 5. The lowest BCUT2D eigenvalue weighted by Crippen LogP contribution is -2.41. The highest BCUT2D eigenvalue weighted by molar-refractivity contribution is 5.93. The third-order valence-corrected chi connectivity index (χ3v) is 6.92. The molecule has 3 aromatic rings. The number of amides is 1. The number of carbonyl (C=O) groups is 1. The van der Waals surface area contributed by atoms with Crippen molar-refractivity contribution in [1.82, 2.24) is 20.3 Å². The molecule has 0 spiro atoms. The quantitative estimate of drug-likeness (QED) is 0.307. The Morgan fingerprint density at radius 2 is 2.12 bits per heavy atom. The fourth-order valence-electron chi connectivity index (χ4n) is 4.45. The molecule has 5 rings (SSSR count). The molecule has 1 saturated heterocycles. The second-order valence-electron chi connectivity index (χ2n) is 10.1. The van der Waals surface area contributed by atoms with Crippen LogP contribution in [0.5, 0.6) is 5.75 Å². The van der Waals surface area contributed by atoms with Gasteiger partial charge in [0.1, 0.15) is 23.9 Å². The highest BCUT2D eigenvalue weighted by Gasteiger charge is 2.25. The molecule has 4 heterocycles. The third-order valence-electron chi connectivity index (χ3n) is 6.92. The van der Waals surface area contributed by atoms with Crippen LogP contribution < -0.4 is 20.3 Å². The van der Waals surface area contributed by atoms with Gasteiger partial charge in [0.05, 0.1) is 37.1 Å². The maximum Gasteiger partial charge on any atom is 0.270 e. The largest absolute Gasteiger partial charge is 0.486 e. The van der Waals surface area contributed by atoms with Gasteiger partial charge in [-0.25, -0.2) is 9.97 Å². The van der Waals surface area contributed by atoms with E-state index in [-0.39, 0.29) is 36.8 Å². The number of hydrogen-bond donors (Lipinski definition) is 3. The van der Waals surface area contributed by atoms with Crippen LogP contribution in [-0.2, 0) is 17.8 Å². The Bertz CT molecular complexity index is 1360. The maximum absolute atomic E-state index is 13.0. The van der Waals surface area contributed by atoms with Gasteiger partial charge in [-0.2, -0.15) is 4.98 Å². The van der Waals surface area contributed by atoms with Crippen LogP contribution in [-0.4, -0.2) is 83.7 Å². The molecule has 12 nitrogen and oxygen atoms in total. The smallest absolute Gasteiger partial charge is 0.270 e.